The number of fused-ring (bicyclic) bond motifs is 1. The molecule has 2 heterocycles. The average Bonchev–Trinajstić information content (AvgIpc) is 3.49. The monoisotopic (exact) mass is 584 g/mol. The van der Waals surface area contributed by atoms with Crippen LogP contribution in [0, 0.1) is 5.92 Å². The minimum absolute atomic E-state index is 0.306. The third kappa shape index (κ3) is 4.66. The first-order valence-corrected chi connectivity index (χ1v) is 13.3. The highest BCUT2D eigenvalue weighted by molar-refractivity contribution is 9.10. The first-order valence-electron chi connectivity index (χ1n) is 12.5. The summed E-state index contributed by atoms with van der Waals surface area (Å²) < 4.78 is 12.6. The number of hydrogen-bond acceptors (Lipinski definition) is 6. The third-order valence-corrected chi connectivity index (χ3v) is 7.51. The summed E-state index contributed by atoms with van der Waals surface area (Å²) in [5, 5.41) is 1.67. The summed E-state index contributed by atoms with van der Waals surface area (Å²) in [4.78, 5) is 34.9. The smallest absolute Gasteiger partial charge is 0.266 e. The van der Waals surface area contributed by atoms with Crippen LogP contribution in [0.5, 0.6) is 11.5 Å². The standard InChI is InChI=1S/C31H25BrN2O5/c1-37-26-18-21(12-17-25(26)38-19-20-8-4-2-5-9-20)28-27-29(39-34(28)24-10-6-3-7-11-24)31(36)33(30(27)35)23-15-13-22(32)14-16-23/h2-18,27-29H,19H2,1H3/t27-,28-,29-/m0/s1. The van der Waals surface area contributed by atoms with E-state index in [9.17, 15) is 9.59 Å². The summed E-state index contributed by atoms with van der Waals surface area (Å²) in [6.45, 7) is 0.388. The number of para-hydroxylation sites is 1. The van der Waals surface area contributed by atoms with E-state index in [-0.39, 0.29) is 11.8 Å². The Labute approximate surface area is 234 Å². The molecule has 2 fully saturated rings. The Bertz CT molecular complexity index is 1500. The van der Waals surface area contributed by atoms with Crippen LogP contribution in [0.2, 0.25) is 0 Å². The lowest BCUT2D eigenvalue weighted by atomic mass is 9.90. The molecule has 8 heteroatoms. The van der Waals surface area contributed by atoms with Crippen molar-refractivity contribution in [2.24, 2.45) is 5.92 Å². The third-order valence-electron chi connectivity index (χ3n) is 6.98. The van der Waals surface area contributed by atoms with Crippen LogP contribution in [0.1, 0.15) is 17.2 Å². The van der Waals surface area contributed by atoms with Crippen molar-refractivity contribution in [1.29, 1.82) is 0 Å². The minimum atomic E-state index is -0.952. The Balaban J connectivity index is 1.36. The number of amides is 2. The first kappa shape index (κ1) is 25.2. The molecule has 0 saturated carbocycles. The van der Waals surface area contributed by atoms with Gasteiger partial charge in [-0.15, -0.1) is 0 Å². The largest absolute Gasteiger partial charge is 0.493 e. The Morgan fingerprint density at radius 1 is 0.795 bits per heavy atom. The number of carbonyl (C=O) groups is 2. The zero-order valence-electron chi connectivity index (χ0n) is 21.1. The van der Waals surface area contributed by atoms with Crippen LogP contribution in [-0.2, 0) is 21.0 Å². The Hall–Kier alpha value is -4.14. The molecule has 4 aromatic rings. The molecule has 0 bridgehead atoms. The van der Waals surface area contributed by atoms with Gasteiger partial charge in [-0.2, -0.15) is 0 Å². The maximum absolute atomic E-state index is 13.9. The van der Waals surface area contributed by atoms with Crippen molar-refractivity contribution in [2.45, 2.75) is 18.8 Å². The fraction of sp³-hybridized carbons (Fsp3) is 0.161. The Kier molecular flexibility index (Phi) is 6.81. The summed E-state index contributed by atoms with van der Waals surface area (Å²) >= 11 is 3.41. The molecular formula is C31H25BrN2O5. The fourth-order valence-electron chi connectivity index (χ4n) is 5.12. The molecule has 2 amide bonds. The van der Waals surface area contributed by atoms with E-state index in [2.05, 4.69) is 15.9 Å². The molecule has 196 valence electrons. The lowest BCUT2D eigenvalue weighted by molar-refractivity contribution is -0.126. The van der Waals surface area contributed by atoms with Crippen LogP contribution in [-0.4, -0.2) is 25.0 Å². The molecule has 0 unspecified atom stereocenters. The quantitative estimate of drug-likeness (QED) is 0.245. The van der Waals surface area contributed by atoms with Gasteiger partial charge in [-0.1, -0.05) is 70.5 Å². The van der Waals surface area contributed by atoms with E-state index in [1.54, 1.807) is 36.4 Å². The highest BCUT2D eigenvalue weighted by Gasteiger charge is 2.60. The van der Waals surface area contributed by atoms with Crippen LogP contribution in [0.25, 0.3) is 0 Å². The molecule has 0 aliphatic carbocycles. The Morgan fingerprint density at radius 3 is 2.18 bits per heavy atom. The number of hydrogen-bond donors (Lipinski definition) is 0. The summed E-state index contributed by atoms with van der Waals surface area (Å²) in [6, 6.07) is 31.5. The SMILES string of the molecule is COc1cc([C@H]2[C@@H]3C(=O)N(c4ccc(Br)cc4)C(=O)[C@H]3ON2c2ccccc2)ccc1OCc1ccccc1. The lowest BCUT2D eigenvalue weighted by Gasteiger charge is -2.29. The van der Waals surface area contributed by atoms with Crippen molar-refractivity contribution in [2.75, 3.05) is 17.1 Å². The number of imide groups is 1. The number of ether oxygens (including phenoxy) is 2. The molecule has 0 radical (unpaired) electrons. The molecule has 2 aliphatic rings. The van der Waals surface area contributed by atoms with Crippen LogP contribution in [0.15, 0.2) is 108 Å². The zero-order valence-corrected chi connectivity index (χ0v) is 22.7. The summed E-state index contributed by atoms with van der Waals surface area (Å²) in [7, 11) is 1.58. The molecule has 6 rings (SSSR count). The maximum atomic E-state index is 13.9. The summed E-state index contributed by atoms with van der Waals surface area (Å²) in [5.41, 5.74) is 3.07. The van der Waals surface area contributed by atoms with Gasteiger partial charge in [0.2, 0.25) is 5.91 Å². The predicted octanol–water partition coefficient (Wildman–Crippen LogP) is 6.09. The molecule has 0 spiro atoms. The van der Waals surface area contributed by atoms with Crippen LogP contribution in [0.4, 0.5) is 11.4 Å². The second kappa shape index (κ2) is 10.6. The van der Waals surface area contributed by atoms with Crippen molar-refractivity contribution < 1.29 is 23.9 Å². The summed E-state index contributed by atoms with van der Waals surface area (Å²) in [5.74, 6) is -0.328. The number of methoxy groups -OCH3 is 1. The number of hydroxylamine groups is 1. The van der Waals surface area contributed by atoms with Crippen molar-refractivity contribution in [3.8, 4) is 11.5 Å². The van der Waals surface area contributed by atoms with Gasteiger partial charge in [0.25, 0.3) is 5.91 Å². The van der Waals surface area contributed by atoms with Gasteiger partial charge in [-0.25, -0.2) is 9.96 Å². The van der Waals surface area contributed by atoms with Gasteiger partial charge in [0.15, 0.2) is 17.6 Å². The zero-order chi connectivity index (χ0) is 26.9. The number of halogens is 1. The van der Waals surface area contributed by atoms with E-state index in [1.165, 1.54) is 4.90 Å². The van der Waals surface area contributed by atoms with Gasteiger partial charge in [0, 0.05) is 4.47 Å². The normalized spacial score (nSPS) is 20.3. The van der Waals surface area contributed by atoms with Gasteiger partial charge in [-0.05, 0) is 59.7 Å². The van der Waals surface area contributed by atoms with E-state index >= 15 is 0 Å². The number of rotatable bonds is 7. The molecule has 2 saturated heterocycles. The number of anilines is 2. The van der Waals surface area contributed by atoms with E-state index in [0.29, 0.717) is 23.8 Å². The van der Waals surface area contributed by atoms with Crippen molar-refractivity contribution in [3.05, 3.63) is 119 Å². The molecule has 0 N–H and O–H groups in total. The second-order valence-electron chi connectivity index (χ2n) is 9.33. The van der Waals surface area contributed by atoms with Gasteiger partial charge < -0.3 is 9.47 Å². The predicted molar refractivity (Wildman–Crippen MR) is 150 cm³/mol. The molecule has 0 aromatic heterocycles. The topological polar surface area (TPSA) is 68.3 Å². The molecule has 39 heavy (non-hydrogen) atoms. The minimum Gasteiger partial charge on any atom is -0.493 e. The average molecular weight is 585 g/mol. The molecular weight excluding hydrogens is 560 g/mol. The van der Waals surface area contributed by atoms with Crippen LogP contribution < -0.4 is 19.4 Å². The van der Waals surface area contributed by atoms with Gasteiger partial charge in [0.05, 0.1) is 24.5 Å². The van der Waals surface area contributed by atoms with Gasteiger partial charge in [-0.3, -0.25) is 14.4 Å². The lowest BCUT2D eigenvalue weighted by Crippen LogP contribution is -2.37. The van der Waals surface area contributed by atoms with E-state index < -0.39 is 18.1 Å². The number of nitrogens with zero attached hydrogens (tertiary/aromatic N) is 2. The molecule has 4 aromatic carbocycles. The maximum Gasteiger partial charge on any atom is 0.266 e. The Morgan fingerprint density at radius 2 is 1.49 bits per heavy atom. The first-order chi connectivity index (χ1) is 19.0. The second-order valence-corrected chi connectivity index (χ2v) is 10.2. The van der Waals surface area contributed by atoms with Gasteiger partial charge >= 0.3 is 0 Å². The molecule has 7 nitrogen and oxygen atoms in total. The van der Waals surface area contributed by atoms with Gasteiger partial charge in [0.1, 0.15) is 12.5 Å². The highest BCUT2D eigenvalue weighted by Crippen LogP contribution is 2.48. The fourth-order valence-corrected chi connectivity index (χ4v) is 5.38. The molecule has 3 atom stereocenters. The van der Waals surface area contributed by atoms with Crippen LogP contribution >= 0.6 is 15.9 Å². The van der Waals surface area contributed by atoms with Crippen LogP contribution in [0.3, 0.4) is 0 Å². The molecule has 2 aliphatic heterocycles. The van der Waals surface area contributed by atoms with Crippen molar-refractivity contribution >= 4 is 39.1 Å². The van der Waals surface area contributed by atoms with Crippen molar-refractivity contribution in [3.63, 3.8) is 0 Å². The van der Waals surface area contributed by atoms with E-state index in [1.807, 2.05) is 78.9 Å². The van der Waals surface area contributed by atoms with Crippen molar-refractivity contribution in [1.82, 2.24) is 0 Å². The van der Waals surface area contributed by atoms with E-state index in [0.717, 1.165) is 21.3 Å². The van der Waals surface area contributed by atoms with E-state index in [4.69, 9.17) is 14.3 Å². The summed E-state index contributed by atoms with van der Waals surface area (Å²) in [6.07, 6.45) is -0.952. The number of benzene rings is 4. The number of carbonyl (C=O) groups excluding carboxylic acids is 2. The highest BCUT2D eigenvalue weighted by atomic mass is 79.9.